The molecular formula is C26H24Cl2N4O3S. The number of nitrogens with zero attached hydrogens (tertiary/aromatic N) is 2. The lowest BCUT2D eigenvalue weighted by Crippen LogP contribution is -2.48. The Kier molecular flexibility index (Phi) is 8.30. The Labute approximate surface area is 224 Å². The molecule has 3 aromatic carbocycles. The van der Waals surface area contributed by atoms with Crippen LogP contribution in [-0.4, -0.2) is 55.1 Å². The van der Waals surface area contributed by atoms with Crippen molar-refractivity contribution in [3.05, 3.63) is 87.9 Å². The van der Waals surface area contributed by atoms with Crippen LogP contribution in [0.2, 0.25) is 10.0 Å². The van der Waals surface area contributed by atoms with Crippen LogP contribution in [0.15, 0.2) is 66.7 Å². The van der Waals surface area contributed by atoms with Gasteiger partial charge >= 0.3 is 0 Å². The molecule has 2 amide bonds. The molecule has 0 saturated carbocycles. The van der Waals surface area contributed by atoms with Gasteiger partial charge in [-0.25, -0.2) is 0 Å². The number of carbonyl (C=O) groups excluding carboxylic acids is 2. The summed E-state index contributed by atoms with van der Waals surface area (Å²) in [6.45, 7) is 2.72. The molecule has 0 spiro atoms. The summed E-state index contributed by atoms with van der Waals surface area (Å²) >= 11 is 17.3. The van der Waals surface area contributed by atoms with Crippen molar-refractivity contribution >= 4 is 63.7 Å². The molecule has 1 saturated heterocycles. The van der Waals surface area contributed by atoms with Crippen LogP contribution in [0.3, 0.4) is 0 Å². The second kappa shape index (κ2) is 11.6. The Bertz CT molecular complexity index is 1260. The van der Waals surface area contributed by atoms with E-state index in [1.165, 1.54) is 13.2 Å². The van der Waals surface area contributed by atoms with Gasteiger partial charge in [-0.1, -0.05) is 23.2 Å². The fourth-order valence-electron chi connectivity index (χ4n) is 3.84. The van der Waals surface area contributed by atoms with Crippen LogP contribution in [0, 0.1) is 0 Å². The number of methoxy groups -OCH3 is 1. The highest BCUT2D eigenvalue weighted by Crippen LogP contribution is 2.25. The molecule has 1 heterocycles. The Morgan fingerprint density at radius 1 is 0.889 bits per heavy atom. The quantitative estimate of drug-likeness (QED) is 0.437. The number of amides is 2. The molecule has 36 heavy (non-hydrogen) atoms. The minimum atomic E-state index is -0.375. The van der Waals surface area contributed by atoms with Gasteiger partial charge in [0.15, 0.2) is 5.11 Å². The third-order valence-electron chi connectivity index (χ3n) is 5.79. The number of thiocarbonyl (C=S) groups is 1. The summed E-state index contributed by atoms with van der Waals surface area (Å²) in [7, 11) is 1.51. The zero-order valence-corrected chi connectivity index (χ0v) is 21.8. The Hall–Kier alpha value is -3.33. The molecule has 0 aromatic heterocycles. The maximum Gasteiger partial charge on any atom is 0.257 e. The molecule has 0 radical (unpaired) electrons. The normalized spacial score (nSPS) is 13.2. The molecule has 1 aliphatic rings. The first-order chi connectivity index (χ1) is 17.3. The fraction of sp³-hybridized carbons (Fsp3) is 0.192. The van der Waals surface area contributed by atoms with Crippen molar-refractivity contribution in [3.8, 4) is 5.75 Å². The van der Waals surface area contributed by atoms with Gasteiger partial charge in [-0.15, -0.1) is 0 Å². The first-order valence-electron chi connectivity index (χ1n) is 11.2. The molecule has 1 fully saturated rings. The number of halogens is 2. The van der Waals surface area contributed by atoms with Crippen molar-refractivity contribution in [2.75, 3.05) is 43.5 Å². The lowest BCUT2D eigenvalue weighted by molar-refractivity contribution is 0.0746. The standard InChI is InChI=1S/C26H24Cl2N4O3S/c1-35-23-11-4-18(16-22(23)28)24(33)30-26(36)29-20-7-9-21(10-8-20)31-12-14-32(15-13-31)25(34)17-2-5-19(27)6-3-17/h2-11,16H,12-15H2,1H3,(H2,29,30,33,36). The summed E-state index contributed by atoms with van der Waals surface area (Å²) in [5, 5.41) is 6.79. The Morgan fingerprint density at radius 3 is 2.14 bits per heavy atom. The van der Waals surface area contributed by atoms with Gasteiger partial charge in [0.1, 0.15) is 5.75 Å². The third-order valence-corrected chi connectivity index (χ3v) is 6.54. The fourth-order valence-corrected chi connectivity index (χ4v) is 4.44. The van der Waals surface area contributed by atoms with E-state index in [1.54, 1.807) is 36.4 Å². The van der Waals surface area contributed by atoms with E-state index in [4.69, 9.17) is 40.2 Å². The van der Waals surface area contributed by atoms with Crippen LogP contribution in [0.25, 0.3) is 0 Å². The summed E-state index contributed by atoms with van der Waals surface area (Å²) in [5.41, 5.74) is 2.80. The van der Waals surface area contributed by atoms with Gasteiger partial charge in [-0.2, -0.15) is 0 Å². The molecule has 186 valence electrons. The summed E-state index contributed by atoms with van der Waals surface area (Å²) in [4.78, 5) is 29.3. The minimum absolute atomic E-state index is 0.0123. The number of piperazine rings is 1. The average molecular weight is 543 g/mol. The number of anilines is 2. The van der Waals surface area contributed by atoms with Crippen LogP contribution < -0.4 is 20.3 Å². The number of rotatable bonds is 5. The molecule has 0 atom stereocenters. The van der Waals surface area contributed by atoms with Crippen molar-refractivity contribution in [2.45, 2.75) is 0 Å². The van der Waals surface area contributed by atoms with Crippen molar-refractivity contribution in [1.82, 2.24) is 10.2 Å². The highest BCUT2D eigenvalue weighted by molar-refractivity contribution is 7.80. The van der Waals surface area contributed by atoms with E-state index in [1.807, 2.05) is 29.2 Å². The number of hydrogen-bond acceptors (Lipinski definition) is 5. The monoisotopic (exact) mass is 542 g/mol. The topological polar surface area (TPSA) is 73.9 Å². The molecular weight excluding hydrogens is 519 g/mol. The van der Waals surface area contributed by atoms with Gasteiger partial charge in [0.05, 0.1) is 12.1 Å². The van der Waals surface area contributed by atoms with Gasteiger partial charge in [-0.3, -0.25) is 14.9 Å². The largest absolute Gasteiger partial charge is 0.495 e. The van der Waals surface area contributed by atoms with E-state index in [0.717, 1.165) is 24.5 Å². The van der Waals surface area contributed by atoms with E-state index in [2.05, 4.69) is 15.5 Å². The lowest BCUT2D eigenvalue weighted by atomic mass is 10.1. The molecule has 0 aliphatic carbocycles. The lowest BCUT2D eigenvalue weighted by Gasteiger charge is -2.36. The van der Waals surface area contributed by atoms with E-state index in [0.29, 0.717) is 40.0 Å². The van der Waals surface area contributed by atoms with E-state index >= 15 is 0 Å². The van der Waals surface area contributed by atoms with E-state index in [-0.39, 0.29) is 16.9 Å². The number of nitrogens with one attached hydrogen (secondary N) is 2. The van der Waals surface area contributed by atoms with Crippen molar-refractivity contribution < 1.29 is 14.3 Å². The summed E-state index contributed by atoms with van der Waals surface area (Å²) in [6, 6.07) is 19.5. The summed E-state index contributed by atoms with van der Waals surface area (Å²) in [5.74, 6) is 0.126. The molecule has 7 nitrogen and oxygen atoms in total. The van der Waals surface area contributed by atoms with Gasteiger partial charge in [0, 0.05) is 53.7 Å². The zero-order valence-electron chi connectivity index (χ0n) is 19.5. The molecule has 2 N–H and O–H groups in total. The Morgan fingerprint density at radius 2 is 1.53 bits per heavy atom. The van der Waals surface area contributed by atoms with Gasteiger partial charge in [-0.05, 0) is 78.9 Å². The highest BCUT2D eigenvalue weighted by Gasteiger charge is 2.22. The highest BCUT2D eigenvalue weighted by atomic mass is 35.5. The van der Waals surface area contributed by atoms with Crippen LogP contribution >= 0.6 is 35.4 Å². The molecule has 1 aliphatic heterocycles. The predicted octanol–water partition coefficient (Wildman–Crippen LogP) is 5.09. The van der Waals surface area contributed by atoms with Crippen LogP contribution in [0.5, 0.6) is 5.75 Å². The number of hydrogen-bond donors (Lipinski definition) is 2. The first kappa shape index (κ1) is 25.8. The van der Waals surface area contributed by atoms with Gasteiger partial charge in [0.25, 0.3) is 11.8 Å². The zero-order chi connectivity index (χ0) is 25.7. The molecule has 0 unspecified atom stereocenters. The van der Waals surface area contributed by atoms with Crippen LogP contribution in [0.4, 0.5) is 11.4 Å². The summed E-state index contributed by atoms with van der Waals surface area (Å²) in [6.07, 6.45) is 0. The molecule has 10 heteroatoms. The predicted molar refractivity (Wildman–Crippen MR) is 148 cm³/mol. The maximum atomic E-state index is 12.7. The second-order valence-corrected chi connectivity index (χ2v) is 9.34. The van der Waals surface area contributed by atoms with Crippen molar-refractivity contribution in [1.29, 1.82) is 0 Å². The van der Waals surface area contributed by atoms with Crippen LogP contribution in [0.1, 0.15) is 20.7 Å². The van der Waals surface area contributed by atoms with Gasteiger partial charge < -0.3 is 19.9 Å². The maximum absolute atomic E-state index is 12.7. The first-order valence-corrected chi connectivity index (χ1v) is 12.4. The third kappa shape index (κ3) is 6.26. The van der Waals surface area contributed by atoms with Crippen molar-refractivity contribution in [2.24, 2.45) is 0 Å². The van der Waals surface area contributed by atoms with Gasteiger partial charge in [0.2, 0.25) is 0 Å². The van der Waals surface area contributed by atoms with E-state index in [9.17, 15) is 9.59 Å². The van der Waals surface area contributed by atoms with E-state index < -0.39 is 0 Å². The smallest absolute Gasteiger partial charge is 0.257 e. The summed E-state index contributed by atoms with van der Waals surface area (Å²) < 4.78 is 5.10. The molecule has 3 aromatic rings. The molecule has 4 rings (SSSR count). The second-order valence-electron chi connectivity index (χ2n) is 8.09. The number of carbonyl (C=O) groups is 2. The Balaban J connectivity index is 1.28. The average Bonchev–Trinajstić information content (AvgIpc) is 2.89. The number of benzene rings is 3. The minimum Gasteiger partial charge on any atom is -0.495 e. The molecule has 0 bridgehead atoms. The van der Waals surface area contributed by atoms with Crippen molar-refractivity contribution in [3.63, 3.8) is 0 Å². The van der Waals surface area contributed by atoms with Crippen LogP contribution in [-0.2, 0) is 0 Å². The number of ether oxygens (including phenoxy) is 1. The SMILES string of the molecule is COc1ccc(C(=O)NC(=S)Nc2ccc(N3CCN(C(=O)c4ccc(Cl)cc4)CC3)cc2)cc1Cl.